The van der Waals surface area contributed by atoms with Crippen molar-refractivity contribution in [2.75, 3.05) is 44.7 Å². The molecule has 4 rings (SSSR count). The molecule has 2 aromatic rings. The van der Waals surface area contributed by atoms with Gasteiger partial charge in [0.25, 0.3) is 5.91 Å². The van der Waals surface area contributed by atoms with Crippen LogP contribution in [0.15, 0.2) is 54.6 Å². The Morgan fingerprint density at radius 3 is 2.11 bits per heavy atom. The molecule has 238 valence electrons. The molecule has 0 unspecified atom stereocenters. The smallest absolute Gasteiger partial charge is 0.414 e. The number of hydrogen-bond acceptors (Lipinski definition) is 7. The average Bonchev–Trinajstić information content (AvgIpc) is 3.02. The van der Waals surface area contributed by atoms with Gasteiger partial charge < -0.3 is 24.0 Å². The number of carbonyl (C=O) groups excluding carboxylic acids is 4. The Labute approximate surface area is 260 Å². The predicted octanol–water partition coefficient (Wildman–Crippen LogP) is 5.89. The highest BCUT2D eigenvalue weighted by molar-refractivity contribution is 5.97. The number of esters is 1. The lowest BCUT2D eigenvalue weighted by atomic mass is 9.93. The number of piperidine rings is 2. The summed E-state index contributed by atoms with van der Waals surface area (Å²) in [5.41, 5.74) is 1.40. The van der Waals surface area contributed by atoms with Gasteiger partial charge in [0.2, 0.25) is 0 Å². The number of benzene rings is 2. The number of rotatable bonds is 8. The van der Waals surface area contributed by atoms with Crippen LogP contribution in [0.1, 0.15) is 68.8 Å². The zero-order valence-electron chi connectivity index (χ0n) is 26.3. The van der Waals surface area contributed by atoms with Crippen molar-refractivity contribution in [1.29, 1.82) is 0 Å². The van der Waals surface area contributed by atoms with Crippen LogP contribution in [-0.2, 0) is 25.6 Å². The summed E-state index contributed by atoms with van der Waals surface area (Å²) in [6, 6.07) is 16.6. The second-order valence-electron chi connectivity index (χ2n) is 12.6. The summed E-state index contributed by atoms with van der Waals surface area (Å²) in [7, 11) is 1.39. The molecule has 0 spiro atoms. The quantitative estimate of drug-likeness (QED) is 0.272. The van der Waals surface area contributed by atoms with Crippen molar-refractivity contribution in [2.45, 2.75) is 65.1 Å². The molecule has 10 nitrogen and oxygen atoms in total. The highest BCUT2D eigenvalue weighted by Crippen LogP contribution is 2.27. The molecular formula is C34H45N3O7. The van der Waals surface area contributed by atoms with Crippen molar-refractivity contribution in [3.63, 3.8) is 0 Å². The molecule has 2 saturated heterocycles. The van der Waals surface area contributed by atoms with Crippen LogP contribution in [0.2, 0.25) is 0 Å². The van der Waals surface area contributed by atoms with Gasteiger partial charge in [-0.15, -0.1) is 0 Å². The Kier molecular flexibility index (Phi) is 11.3. The molecule has 0 saturated carbocycles. The fraction of sp³-hybridized carbons (Fsp3) is 0.529. The minimum Gasteiger partial charge on any atom is -0.469 e. The number of hydrogen-bond donors (Lipinski definition) is 0. The fourth-order valence-electron chi connectivity index (χ4n) is 5.61. The second-order valence-corrected chi connectivity index (χ2v) is 12.6. The topological polar surface area (TPSA) is 106 Å². The molecule has 0 atom stereocenters. The Balaban J connectivity index is 1.44. The largest absolute Gasteiger partial charge is 0.469 e. The lowest BCUT2D eigenvalue weighted by Crippen LogP contribution is -2.45. The fourth-order valence-corrected chi connectivity index (χ4v) is 5.61. The first kappa shape index (κ1) is 32.8. The Bertz CT molecular complexity index is 1280. The molecule has 2 heterocycles. The van der Waals surface area contributed by atoms with Gasteiger partial charge in [0, 0.05) is 50.4 Å². The minimum absolute atomic E-state index is 0.105. The number of carbonyl (C=O) groups is 4. The molecule has 3 amide bonds. The predicted molar refractivity (Wildman–Crippen MR) is 166 cm³/mol. The van der Waals surface area contributed by atoms with Crippen molar-refractivity contribution in [2.24, 2.45) is 11.8 Å². The first-order chi connectivity index (χ1) is 21.0. The summed E-state index contributed by atoms with van der Waals surface area (Å²) >= 11 is 0. The van der Waals surface area contributed by atoms with Crippen molar-refractivity contribution in [1.82, 2.24) is 9.80 Å². The number of ether oxygens (including phenoxy) is 3. The van der Waals surface area contributed by atoms with Crippen LogP contribution < -0.4 is 4.90 Å². The standard InChI is InChI=1S/C34H45N3O7/c1-34(2,3)44-32(40)36-19-15-26(16-20-36)23-37(33(41)43-24-27-9-6-5-7-10-27)29-12-8-11-28(22-29)31(39)35-17-13-25(14-18-35)21-30(38)42-4/h5-12,22,25-26H,13-21,23-24H2,1-4H3. The first-order valence-electron chi connectivity index (χ1n) is 15.4. The highest BCUT2D eigenvalue weighted by Gasteiger charge is 2.31. The van der Waals surface area contributed by atoms with E-state index in [4.69, 9.17) is 14.2 Å². The molecule has 0 aliphatic carbocycles. The van der Waals surface area contributed by atoms with E-state index >= 15 is 0 Å². The minimum atomic E-state index is -0.561. The van der Waals surface area contributed by atoms with Crippen LogP contribution in [0.25, 0.3) is 0 Å². The van der Waals surface area contributed by atoms with Crippen molar-refractivity contribution >= 4 is 29.8 Å². The summed E-state index contributed by atoms with van der Waals surface area (Å²) in [6.45, 7) is 8.27. The van der Waals surface area contributed by atoms with Crippen LogP contribution >= 0.6 is 0 Å². The Morgan fingerprint density at radius 2 is 1.48 bits per heavy atom. The summed E-state index contributed by atoms with van der Waals surface area (Å²) in [5.74, 6) is 0.00415. The SMILES string of the molecule is COC(=O)CC1CCN(C(=O)c2cccc(N(CC3CCN(C(=O)OC(C)(C)C)CC3)C(=O)OCc3ccccc3)c2)CC1. The van der Waals surface area contributed by atoms with Crippen molar-refractivity contribution in [3.8, 4) is 0 Å². The van der Waals surface area contributed by atoms with Crippen LogP contribution in [0.5, 0.6) is 0 Å². The van der Waals surface area contributed by atoms with Gasteiger partial charge in [-0.2, -0.15) is 0 Å². The third kappa shape index (κ3) is 9.46. The molecule has 0 aromatic heterocycles. The van der Waals surface area contributed by atoms with Crippen molar-refractivity contribution in [3.05, 3.63) is 65.7 Å². The summed E-state index contributed by atoms with van der Waals surface area (Å²) in [5, 5.41) is 0. The number of likely N-dealkylation sites (tertiary alicyclic amines) is 2. The van der Waals surface area contributed by atoms with E-state index in [1.165, 1.54) is 7.11 Å². The van der Waals surface area contributed by atoms with Crippen LogP contribution in [-0.4, -0.2) is 79.3 Å². The van der Waals surface area contributed by atoms with Gasteiger partial charge in [0.05, 0.1) is 7.11 Å². The first-order valence-corrected chi connectivity index (χ1v) is 15.4. The summed E-state index contributed by atoms with van der Waals surface area (Å²) < 4.78 is 16.1. The van der Waals surface area contributed by atoms with Gasteiger partial charge in [-0.1, -0.05) is 36.4 Å². The van der Waals surface area contributed by atoms with E-state index in [2.05, 4.69) is 0 Å². The molecule has 2 fully saturated rings. The van der Waals surface area contributed by atoms with Gasteiger partial charge in [0.1, 0.15) is 12.2 Å². The maximum Gasteiger partial charge on any atom is 0.414 e. The third-order valence-corrected chi connectivity index (χ3v) is 8.12. The molecule has 0 N–H and O–H groups in total. The molecule has 2 aliphatic heterocycles. The van der Waals surface area contributed by atoms with E-state index in [0.29, 0.717) is 63.2 Å². The number of methoxy groups -OCH3 is 1. The van der Waals surface area contributed by atoms with Crippen molar-refractivity contribution < 1.29 is 33.4 Å². The number of amides is 3. The summed E-state index contributed by atoms with van der Waals surface area (Å²) in [4.78, 5) is 56.4. The third-order valence-electron chi connectivity index (χ3n) is 8.12. The van der Waals surface area contributed by atoms with Crippen LogP contribution in [0.3, 0.4) is 0 Å². The van der Waals surface area contributed by atoms with E-state index in [0.717, 1.165) is 18.4 Å². The maximum atomic E-state index is 13.5. The van der Waals surface area contributed by atoms with Crippen LogP contribution in [0.4, 0.5) is 15.3 Å². The zero-order valence-corrected chi connectivity index (χ0v) is 26.3. The highest BCUT2D eigenvalue weighted by atomic mass is 16.6. The zero-order chi connectivity index (χ0) is 31.7. The molecule has 0 radical (unpaired) electrons. The lowest BCUT2D eigenvalue weighted by Gasteiger charge is -2.35. The molecule has 10 heteroatoms. The molecule has 2 aliphatic rings. The van der Waals surface area contributed by atoms with E-state index < -0.39 is 11.7 Å². The number of nitrogens with zero attached hydrogens (tertiary/aromatic N) is 3. The Hall–Kier alpha value is -4.08. The van der Waals surface area contributed by atoms with E-state index in [1.54, 1.807) is 32.9 Å². The Morgan fingerprint density at radius 1 is 0.841 bits per heavy atom. The van der Waals surface area contributed by atoms with Gasteiger partial charge >= 0.3 is 18.2 Å². The maximum absolute atomic E-state index is 13.5. The summed E-state index contributed by atoms with van der Waals surface area (Å²) in [6.07, 6.45) is 2.44. The monoisotopic (exact) mass is 607 g/mol. The van der Waals surface area contributed by atoms with Gasteiger partial charge in [-0.3, -0.25) is 14.5 Å². The second kappa shape index (κ2) is 15.1. The van der Waals surface area contributed by atoms with Gasteiger partial charge in [-0.25, -0.2) is 9.59 Å². The van der Waals surface area contributed by atoms with E-state index in [-0.39, 0.29) is 36.4 Å². The number of anilines is 1. The van der Waals surface area contributed by atoms with E-state index in [9.17, 15) is 19.2 Å². The molecule has 0 bridgehead atoms. The average molecular weight is 608 g/mol. The lowest BCUT2D eigenvalue weighted by molar-refractivity contribution is -0.142. The molecule has 2 aromatic carbocycles. The van der Waals surface area contributed by atoms with E-state index in [1.807, 2.05) is 57.2 Å². The van der Waals surface area contributed by atoms with Crippen LogP contribution in [0, 0.1) is 11.8 Å². The van der Waals surface area contributed by atoms with Gasteiger partial charge in [0.15, 0.2) is 0 Å². The molecular weight excluding hydrogens is 562 g/mol. The normalized spacial score (nSPS) is 16.3. The molecule has 44 heavy (non-hydrogen) atoms. The van der Waals surface area contributed by atoms with Gasteiger partial charge in [-0.05, 0) is 82.1 Å².